The van der Waals surface area contributed by atoms with Gasteiger partial charge >= 0.3 is 0 Å². The van der Waals surface area contributed by atoms with E-state index in [9.17, 15) is 4.79 Å². The quantitative estimate of drug-likeness (QED) is 0.787. The minimum atomic E-state index is -0.229. The normalized spacial score (nSPS) is 26.8. The summed E-state index contributed by atoms with van der Waals surface area (Å²) in [5, 5.41) is 2.51. The number of carbonyl (C=O) groups is 1. The molecule has 2 nitrogen and oxygen atoms in total. The molecule has 2 aromatic carbocycles. The summed E-state index contributed by atoms with van der Waals surface area (Å²) in [6, 6.07) is 10.6. The highest BCUT2D eigenvalue weighted by atomic mass is 16.5. The van der Waals surface area contributed by atoms with Gasteiger partial charge in [0.2, 0.25) is 0 Å². The number of ether oxygens (including phenoxy) is 1. The molecule has 0 heterocycles. The van der Waals surface area contributed by atoms with Crippen molar-refractivity contribution in [2.45, 2.75) is 25.7 Å². The average Bonchev–Trinajstić information content (AvgIpc) is 2.82. The summed E-state index contributed by atoms with van der Waals surface area (Å²) >= 11 is 0. The van der Waals surface area contributed by atoms with Gasteiger partial charge in [0.05, 0.1) is 7.11 Å². The molecule has 0 amide bonds. The molecule has 4 rings (SSSR count). The van der Waals surface area contributed by atoms with Gasteiger partial charge in [0.15, 0.2) is 5.78 Å². The molecule has 0 saturated carbocycles. The largest absolute Gasteiger partial charge is 0.497 e. The molecule has 0 aromatic heterocycles. The van der Waals surface area contributed by atoms with E-state index in [4.69, 9.17) is 4.74 Å². The lowest BCUT2D eigenvalue weighted by atomic mass is 9.65. The van der Waals surface area contributed by atoms with Gasteiger partial charge in [-0.25, -0.2) is 0 Å². The monoisotopic (exact) mass is 278 g/mol. The third-order valence-corrected chi connectivity index (χ3v) is 5.29. The molecule has 2 aliphatic carbocycles. The van der Waals surface area contributed by atoms with Gasteiger partial charge in [-0.3, -0.25) is 4.79 Å². The number of aryl methyl sites for hydroxylation is 1. The number of benzene rings is 2. The van der Waals surface area contributed by atoms with Crippen LogP contribution >= 0.6 is 0 Å². The lowest BCUT2D eigenvalue weighted by Crippen LogP contribution is -2.33. The van der Waals surface area contributed by atoms with Gasteiger partial charge in [-0.05, 0) is 52.9 Å². The summed E-state index contributed by atoms with van der Waals surface area (Å²) in [5.41, 5.74) is 2.49. The summed E-state index contributed by atoms with van der Waals surface area (Å²) in [4.78, 5) is 12.2. The van der Waals surface area contributed by atoms with Crippen molar-refractivity contribution in [3.05, 3.63) is 53.6 Å². The molecule has 0 radical (unpaired) electrons. The van der Waals surface area contributed by atoms with Crippen LogP contribution in [0.5, 0.6) is 5.75 Å². The Morgan fingerprint density at radius 2 is 2.10 bits per heavy atom. The van der Waals surface area contributed by atoms with Gasteiger partial charge in [0, 0.05) is 11.3 Å². The van der Waals surface area contributed by atoms with Gasteiger partial charge < -0.3 is 4.74 Å². The number of fused-ring (bicyclic) bond motifs is 5. The Bertz CT molecular complexity index is 787. The van der Waals surface area contributed by atoms with E-state index in [1.165, 1.54) is 21.9 Å². The summed E-state index contributed by atoms with van der Waals surface area (Å²) in [7, 11) is 1.69. The molecule has 2 aromatic rings. The number of ketones is 1. The van der Waals surface area contributed by atoms with Crippen LogP contribution < -0.4 is 4.74 Å². The van der Waals surface area contributed by atoms with Gasteiger partial charge in [-0.1, -0.05) is 31.2 Å². The third-order valence-electron chi connectivity index (χ3n) is 5.29. The van der Waals surface area contributed by atoms with Gasteiger partial charge in [-0.2, -0.15) is 0 Å². The zero-order chi connectivity index (χ0) is 14.6. The van der Waals surface area contributed by atoms with Crippen LogP contribution in [0.4, 0.5) is 0 Å². The van der Waals surface area contributed by atoms with Crippen molar-refractivity contribution < 1.29 is 9.53 Å². The molecule has 0 bridgehead atoms. The second-order valence-electron chi connectivity index (χ2n) is 6.34. The van der Waals surface area contributed by atoms with Gasteiger partial charge in [0.1, 0.15) is 5.75 Å². The molecule has 0 saturated heterocycles. The van der Waals surface area contributed by atoms with E-state index >= 15 is 0 Å². The van der Waals surface area contributed by atoms with Crippen molar-refractivity contribution in [2.75, 3.05) is 7.11 Å². The summed E-state index contributed by atoms with van der Waals surface area (Å²) in [6.45, 7) is 2.11. The zero-order valence-electron chi connectivity index (χ0n) is 12.3. The van der Waals surface area contributed by atoms with E-state index in [0.717, 1.165) is 18.6 Å². The zero-order valence-corrected chi connectivity index (χ0v) is 12.3. The van der Waals surface area contributed by atoms with Crippen molar-refractivity contribution in [3.8, 4) is 5.75 Å². The van der Waals surface area contributed by atoms with Crippen LogP contribution in [0.2, 0.25) is 0 Å². The predicted octanol–water partition coefficient (Wildman–Crippen LogP) is 4.02. The van der Waals surface area contributed by atoms with Crippen molar-refractivity contribution in [1.82, 2.24) is 0 Å². The Balaban J connectivity index is 1.93. The molecule has 0 fully saturated rings. The topological polar surface area (TPSA) is 26.3 Å². The maximum atomic E-state index is 12.2. The van der Waals surface area contributed by atoms with Crippen LogP contribution in [0.3, 0.4) is 0 Å². The Morgan fingerprint density at radius 1 is 1.24 bits per heavy atom. The fourth-order valence-corrected chi connectivity index (χ4v) is 3.94. The Kier molecular flexibility index (Phi) is 2.53. The van der Waals surface area contributed by atoms with E-state index in [1.807, 2.05) is 6.07 Å². The minimum absolute atomic E-state index is 0.229. The molecule has 0 aliphatic heterocycles. The van der Waals surface area contributed by atoms with Crippen molar-refractivity contribution in [1.29, 1.82) is 0 Å². The molecule has 0 spiro atoms. The summed E-state index contributed by atoms with van der Waals surface area (Å²) < 4.78 is 5.31. The van der Waals surface area contributed by atoms with Crippen LogP contribution in [-0.2, 0) is 11.2 Å². The molecular formula is C19H18O2. The molecular weight excluding hydrogens is 260 g/mol. The van der Waals surface area contributed by atoms with E-state index in [-0.39, 0.29) is 17.1 Å². The fourth-order valence-electron chi connectivity index (χ4n) is 3.94. The Morgan fingerprint density at radius 3 is 2.90 bits per heavy atom. The fraction of sp³-hybridized carbons (Fsp3) is 0.316. The van der Waals surface area contributed by atoms with E-state index < -0.39 is 0 Å². The number of rotatable bonds is 1. The lowest BCUT2D eigenvalue weighted by Gasteiger charge is -2.36. The highest BCUT2D eigenvalue weighted by Crippen LogP contribution is 2.51. The molecule has 2 heteroatoms. The molecule has 0 N–H and O–H groups in total. The van der Waals surface area contributed by atoms with Crippen molar-refractivity contribution >= 4 is 16.6 Å². The first kappa shape index (κ1) is 12.6. The number of allylic oxidation sites excluding steroid dienone is 2. The standard InChI is InChI=1S/C19H18O2/c1-19-10-9-15-14-6-4-13(21-2)11-12(14)3-5-16(15)17(19)7-8-18(19)20/h3-8,11,17H,9-10H2,1-2H3. The number of methoxy groups -OCH3 is 1. The van der Waals surface area contributed by atoms with Crippen molar-refractivity contribution in [3.63, 3.8) is 0 Å². The molecule has 2 aliphatic rings. The highest BCUT2D eigenvalue weighted by Gasteiger charge is 2.46. The number of carbonyl (C=O) groups excluding carboxylic acids is 1. The summed E-state index contributed by atoms with van der Waals surface area (Å²) in [5.74, 6) is 1.41. The van der Waals surface area contributed by atoms with Crippen LogP contribution in [0.15, 0.2) is 42.5 Å². The second-order valence-corrected chi connectivity index (χ2v) is 6.34. The van der Waals surface area contributed by atoms with E-state index in [2.05, 4.69) is 37.3 Å². The van der Waals surface area contributed by atoms with Gasteiger partial charge in [0.25, 0.3) is 0 Å². The van der Waals surface area contributed by atoms with Crippen LogP contribution in [0.1, 0.15) is 30.4 Å². The number of hydrogen-bond donors (Lipinski definition) is 0. The third kappa shape index (κ3) is 1.62. The minimum Gasteiger partial charge on any atom is -0.497 e. The SMILES string of the molecule is COc1ccc2c3c(ccc2c1)C1C=CC(=O)C1(C)CC3. The first-order chi connectivity index (χ1) is 10.1. The maximum absolute atomic E-state index is 12.2. The second kappa shape index (κ2) is 4.20. The van der Waals surface area contributed by atoms with Gasteiger partial charge in [-0.15, -0.1) is 0 Å². The smallest absolute Gasteiger partial charge is 0.162 e. The molecule has 21 heavy (non-hydrogen) atoms. The first-order valence-electron chi connectivity index (χ1n) is 7.46. The average molecular weight is 278 g/mol. The van der Waals surface area contributed by atoms with Crippen LogP contribution in [0.25, 0.3) is 10.8 Å². The number of hydrogen-bond acceptors (Lipinski definition) is 2. The van der Waals surface area contributed by atoms with Crippen molar-refractivity contribution in [2.24, 2.45) is 5.41 Å². The van der Waals surface area contributed by atoms with Crippen LogP contribution in [0, 0.1) is 5.41 Å². The first-order valence-corrected chi connectivity index (χ1v) is 7.46. The lowest BCUT2D eigenvalue weighted by molar-refractivity contribution is -0.123. The van der Waals surface area contributed by atoms with E-state index in [1.54, 1.807) is 13.2 Å². The van der Waals surface area contributed by atoms with Crippen LogP contribution in [-0.4, -0.2) is 12.9 Å². The summed E-state index contributed by atoms with van der Waals surface area (Å²) in [6.07, 6.45) is 5.77. The van der Waals surface area contributed by atoms with E-state index in [0.29, 0.717) is 0 Å². The molecule has 2 atom stereocenters. The molecule has 106 valence electrons. The maximum Gasteiger partial charge on any atom is 0.162 e. The predicted molar refractivity (Wildman–Crippen MR) is 83.8 cm³/mol. The molecule has 2 unspecified atom stereocenters. The Hall–Kier alpha value is -2.09. The Labute approximate surface area is 124 Å². The highest BCUT2D eigenvalue weighted by molar-refractivity contribution is 5.99.